The number of nitrogens with zero attached hydrogens (tertiary/aromatic N) is 2. The first kappa shape index (κ1) is 18.0. The van der Waals surface area contributed by atoms with Crippen LogP contribution in [-0.4, -0.2) is 29.0 Å². The van der Waals surface area contributed by atoms with Crippen molar-refractivity contribution in [3.63, 3.8) is 0 Å². The zero-order valence-corrected chi connectivity index (χ0v) is 15.0. The van der Waals surface area contributed by atoms with Crippen LogP contribution in [0.5, 0.6) is 0 Å². The standard InChI is InChI=1S/C20H27FN4/c1-3-15(2)25(13-16-5-4-10-22-11-16)14-18-12-23-24-20(18)17-6-8-19(21)9-7-17/h4-11,15,18,20,23-24H,3,12-14H2,1-2H3. The van der Waals surface area contributed by atoms with E-state index >= 15 is 0 Å². The fraction of sp³-hybridized carbons (Fsp3) is 0.450. The Morgan fingerprint density at radius 2 is 2.08 bits per heavy atom. The highest BCUT2D eigenvalue weighted by Gasteiger charge is 2.30. The Morgan fingerprint density at radius 3 is 2.76 bits per heavy atom. The number of nitrogens with one attached hydrogen (secondary N) is 2. The summed E-state index contributed by atoms with van der Waals surface area (Å²) in [5.74, 6) is 0.236. The summed E-state index contributed by atoms with van der Waals surface area (Å²) >= 11 is 0. The van der Waals surface area contributed by atoms with Crippen molar-refractivity contribution in [3.8, 4) is 0 Å². The zero-order valence-electron chi connectivity index (χ0n) is 15.0. The van der Waals surface area contributed by atoms with E-state index in [0.29, 0.717) is 12.0 Å². The Labute approximate surface area is 149 Å². The quantitative estimate of drug-likeness (QED) is 0.810. The molecule has 0 aliphatic carbocycles. The molecule has 5 heteroatoms. The van der Waals surface area contributed by atoms with Crippen molar-refractivity contribution in [2.24, 2.45) is 5.92 Å². The van der Waals surface area contributed by atoms with Crippen LogP contribution in [0.15, 0.2) is 48.8 Å². The van der Waals surface area contributed by atoms with Crippen LogP contribution in [-0.2, 0) is 6.54 Å². The smallest absolute Gasteiger partial charge is 0.123 e. The minimum atomic E-state index is -0.191. The molecule has 2 N–H and O–H groups in total. The highest BCUT2D eigenvalue weighted by Crippen LogP contribution is 2.27. The zero-order chi connectivity index (χ0) is 17.6. The maximum Gasteiger partial charge on any atom is 0.123 e. The average molecular weight is 342 g/mol. The van der Waals surface area contributed by atoms with Crippen LogP contribution in [0.25, 0.3) is 0 Å². The molecule has 2 aromatic rings. The highest BCUT2D eigenvalue weighted by molar-refractivity contribution is 5.22. The van der Waals surface area contributed by atoms with Crippen molar-refractivity contribution in [3.05, 3.63) is 65.7 Å². The second-order valence-electron chi connectivity index (χ2n) is 6.86. The number of aromatic nitrogens is 1. The van der Waals surface area contributed by atoms with Gasteiger partial charge in [-0.1, -0.05) is 25.1 Å². The van der Waals surface area contributed by atoms with Gasteiger partial charge in [0, 0.05) is 44.0 Å². The summed E-state index contributed by atoms with van der Waals surface area (Å²) in [5, 5.41) is 0. The van der Waals surface area contributed by atoms with Crippen molar-refractivity contribution in [1.82, 2.24) is 20.7 Å². The number of hydrogen-bond acceptors (Lipinski definition) is 4. The predicted molar refractivity (Wildman–Crippen MR) is 98.2 cm³/mol. The Balaban J connectivity index is 1.72. The third-order valence-corrected chi connectivity index (χ3v) is 5.11. The monoisotopic (exact) mass is 342 g/mol. The molecule has 1 aliphatic rings. The van der Waals surface area contributed by atoms with Gasteiger partial charge >= 0.3 is 0 Å². The molecule has 0 saturated carbocycles. The van der Waals surface area contributed by atoms with Gasteiger partial charge in [-0.15, -0.1) is 0 Å². The second-order valence-corrected chi connectivity index (χ2v) is 6.86. The van der Waals surface area contributed by atoms with Crippen molar-refractivity contribution in [1.29, 1.82) is 0 Å². The number of pyridine rings is 1. The molecule has 1 fully saturated rings. The third-order valence-electron chi connectivity index (χ3n) is 5.11. The minimum absolute atomic E-state index is 0.191. The number of benzene rings is 1. The lowest BCUT2D eigenvalue weighted by atomic mass is 9.93. The van der Waals surface area contributed by atoms with E-state index in [4.69, 9.17) is 0 Å². The van der Waals surface area contributed by atoms with E-state index in [9.17, 15) is 4.39 Å². The van der Waals surface area contributed by atoms with Crippen molar-refractivity contribution < 1.29 is 4.39 Å². The molecule has 134 valence electrons. The average Bonchev–Trinajstić information content (AvgIpc) is 3.10. The summed E-state index contributed by atoms with van der Waals surface area (Å²) in [4.78, 5) is 6.76. The van der Waals surface area contributed by atoms with Crippen LogP contribution in [0, 0.1) is 11.7 Å². The van der Waals surface area contributed by atoms with Gasteiger partial charge in [-0.2, -0.15) is 0 Å². The predicted octanol–water partition coefficient (Wildman–Crippen LogP) is 3.29. The van der Waals surface area contributed by atoms with Crippen LogP contribution >= 0.6 is 0 Å². The molecule has 1 aliphatic heterocycles. The summed E-state index contributed by atoms with van der Waals surface area (Å²) in [6.07, 6.45) is 4.86. The topological polar surface area (TPSA) is 40.2 Å². The number of hydrazine groups is 1. The van der Waals surface area contributed by atoms with E-state index in [1.807, 2.05) is 30.6 Å². The summed E-state index contributed by atoms with van der Waals surface area (Å²) in [7, 11) is 0. The molecule has 0 amide bonds. The molecule has 3 unspecified atom stereocenters. The van der Waals surface area contributed by atoms with Gasteiger partial charge in [-0.25, -0.2) is 9.82 Å². The van der Waals surface area contributed by atoms with E-state index in [1.54, 1.807) is 0 Å². The summed E-state index contributed by atoms with van der Waals surface area (Å²) in [6.45, 7) is 7.28. The summed E-state index contributed by atoms with van der Waals surface area (Å²) < 4.78 is 13.2. The molecule has 0 bridgehead atoms. The lowest BCUT2D eigenvalue weighted by molar-refractivity contribution is 0.161. The SMILES string of the molecule is CCC(C)N(Cc1cccnc1)CC1CNNC1c1ccc(F)cc1. The molecule has 3 atom stereocenters. The Bertz CT molecular complexity index is 647. The fourth-order valence-electron chi connectivity index (χ4n) is 3.42. The molecule has 2 heterocycles. The number of halogens is 1. The van der Waals surface area contributed by atoms with E-state index in [2.05, 4.69) is 40.6 Å². The first-order valence-corrected chi connectivity index (χ1v) is 9.04. The normalized spacial score (nSPS) is 21.6. The van der Waals surface area contributed by atoms with Crippen LogP contribution in [0.2, 0.25) is 0 Å². The Hall–Kier alpha value is -1.82. The fourth-order valence-corrected chi connectivity index (χ4v) is 3.42. The van der Waals surface area contributed by atoms with Crippen molar-refractivity contribution in [2.45, 2.75) is 38.9 Å². The second kappa shape index (κ2) is 8.52. The molecular weight excluding hydrogens is 315 g/mol. The van der Waals surface area contributed by atoms with Gasteiger partial charge in [0.15, 0.2) is 0 Å². The van der Waals surface area contributed by atoms with Crippen LogP contribution < -0.4 is 10.9 Å². The van der Waals surface area contributed by atoms with E-state index in [0.717, 1.165) is 31.6 Å². The van der Waals surface area contributed by atoms with Gasteiger partial charge in [0.2, 0.25) is 0 Å². The van der Waals surface area contributed by atoms with Crippen LogP contribution in [0.4, 0.5) is 4.39 Å². The van der Waals surface area contributed by atoms with Gasteiger partial charge in [-0.3, -0.25) is 15.3 Å². The molecular formula is C20H27FN4. The first-order chi connectivity index (χ1) is 12.2. The van der Waals surface area contributed by atoms with E-state index in [-0.39, 0.29) is 11.9 Å². The number of hydrogen-bond donors (Lipinski definition) is 2. The molecule has 4 nitrogen and oxygen atoms in total. The number of rotatable bonds is 7. The molecule has 0 radical (unpaired) electrons. The Kier molecular flexibility index (Phi) is 6.13. The maximum atomic E-state index is 13.2. The van der Waals surface area contributed by atoms with Gasteiger partial charge in [-0.05, 0) is 42.7 Å². The van der Waals surface area contributed by atoms with Crippen LogP contribution in [0.1, 0.15) is 37.4 Å². The molecule has 1 saturated heterocycles. The lowest BCUT2D eigenvalue weighted by Crippen LogP contribution is -2.38. The van der Waals surface area contributed by atoms with Gasteiger partial charge in [0.05, 0.1) is 6.04 Å². The molecule has 1 aromatic heterocycles. The van der Waals surface area contributed by atoms with Crippen molar-refractivity contribution >= 4 is 0 Å². The Morgan fingerprint density at radius 1 is 1.28 bits per heavy atom. The lowest BCUT2D eigenvalue weighted by Gasteiger charge is -2.32. The van der Waals surface area contributed by atoms with Crippen LogP contribution in [0.3, 0.4) is 0 Å². The maximum absolute atomic E-state index is 13.2. The van der Waals surface area contributed by atoms with E-state index in [1.165, 1.54) is 17.7 Å². The summed E-state index contributed by atoms with van der Waals surface area (Å²) in [5.41, 5.74) is 9.00. The van der Waals surface area contributed by atoms with E-state index < -0.39 is 0 Å². The minimum Gasteiger partial charge on any atom is -0.296 e. The van der Waals surface area contributed by atoms with Gasteiger partial charge in [0.25, 0.3) is 0 Å². The van der Waals surface area contributed by atoms with Gasteiger partial charge in [0.1, 0.15) is 5.82 Å². The first-order valence-electron chi connectivity index (χ1n) is 9.04. The molecule has 25 heavy (non-hydrogen) atoms. The largest absolute Gasteiger partial charge is 0.296 e. The molecule has 3 rings (SSSR count). The van der Waals surface area contributed by atoms with Crippen molar-refractivity contribution in [2.75, 3.05) is 13.1 Å². The molecule has 1 aromatic carbocycles. The summed E-state index contributed by atoms with van der Waals surface area (Å²) in [6, 6.07) is 11.6. The third kappa shape index (κ3) is 4.63. The highest BCUT2D eigenvalue weighted by atomic mass is 19.1. The van der Waals surface area contributed by atoms with Gasteiger partial charge < -0.3 is 0 Å². The molecule has 0 spiro atoms.